The van der Waals surface area contributed by atoms with Crippen molar-refractivity contribution in [1.29, 1.82) is 0 Å². The Bertz CT molecular complexity index is 954. The molecule has 1 aliphatic rings. The first-order chi connectivity index (χ1) is 14.2. The molecule has 148 valence electrons. The third-order valence-electron chi connectivity index (χ3n) is 5.08. The molecule has 1 amide bonds. The largest absolute Gasteiger partial charge is 0.354 e. The van der Waals surface area contributed by atoms with Crippen LogP contribution in [0.25, 0.3) is 0 Å². The van der Waals surface area contributed by atoms with Crippen LogP contribution in [-0.2, 0) is 6.54 Å². The van der Waals surface area contributed by atoms with Gasteiger partial charge >= 0.3 is 0 Å². The summed E-state index contributed by atoms with van der Waals surface area (Å²) >= 11 is 0. The van der Waals surface area contributed by atoms with E-state index in [1.165, 1.54) is 17.7 Å². The number of carbonyl (C=O) groups is 1. The molecule has 1 aromatic heterocycles. The van der Waals surface area contributed by atoms with Gasteiger partial charge in [-0.2, -0.15) is 0 Å². The number of hydrogen-bond acceptors (Lipinski definition) is 4. The minimum atomic E-state index is -0.522. The Morgan fingerprint density at radius 2 is 1.66 bits per heavy atom. The van der Waals surface area contributed by atoms with Crippen molar-refractivity contribution in [3.8, 4) is 0 Å². The van der Waals surface area contributed by atoms with Crippen molar-refractivity contribution >= 4 is 17.4 Å². The van der Waals surface area contributed by atoms with Crippen molar-refractivity contribution in [2.75, 3.05) is 36.4 Å². The third kappa shape index (κ3) is 4.78. The Morgan fingerprint density at radius 1 is 0.931 bits per heavy atom. The first-order valence-electron chi connectivity index (χ1n) is 9.72. The number of halogens is 1. The molecule has 2 heterocycles. The number of anilines is 2. The number of carbonyl (C=O) groups excluding carboxylic acids is 1. The molecule has 0 bridgehead atoms. The Morgan fingerprint density at radius 3 is 2.34 bits per heavy atom. The predicted octanol–water partition coefficient (Wildman–Crippen LogP) is 3.80. The summed E-state index contributed by atoms with van der Waals surface area (Å²) < 4.78 is 13.7. The fourth-order valence-electron chi connectivity index (χ4n) is 3.47. The Balaban J connectivity index is 1.30. The van der Waals surface area contributed by atoms with E-state index in [1.807, 2.05) is 48.7 Å². The zero-order valence-corrected chi connectivity index (χ0v) is 16.1. The van der Waals surface area contributed by atoms with Gasteiger partial charge in [0.15, 0.2) is 0 Å². The maximum absolute atomic E-state index is 13.7. The van der Waals surface area contributed by atoms with Crippen molar-refractivity contribution in [2.24, 2.45) is 0 Å². The van der Waals surface area contributed by atoms with Gasteiger partial charge in [-0.15, -0.1) is 0 Å². The van der Waals surface area contributed by atoms with Crippen LogP contribution >= 0.6 is 0 Å². The Hall–Kier alpha value is -3.25. The first-order valence-corrected chi connectivity index (χ1v) is 9.72. The summed E-state index contributed by atoms with van der Waals surface area (Å²) in [5, 5.41) is 2.75. The van der Waals surface area contributed by atoms with Crippen LogP contribution in [0, 0.1) is 5.82 Å². The van der Waals surface area contributed by atoms with Crippen LogP contribution < -0.4 is 10.2 Å². The lowest BCUT2D eigenvalue weighted by atomic mass is 10.1. The first kappa shape index (κ1) is 19.1. The Labute approximate surface area is 169 Å². The van der Waals surface area contributed by atoms with E-state index in [0.29, 0.717) is 5.69 Å². The van der Waals surface area contributed by atoms with Crippen LogP contribution in [0.1, 0.15) is 15.9 Å². The molecule has 1 fully saturated rings. The number of amides is 1. The highest BCUT2D eigenvalue weighted by Gasteiger charge is 2.18. The molecular formula is C23H23FN4O. The highest BCUT2D eigenvalue weighted by atomic mass is 19.1. The fraction of sp³-hybridized carbons (Fsp3) is 0.217. The lowest BCUT2D eigenvalue weighted by molar-refractivity contribution is 0.102. The van der Waals surface area contributed by atoms with E-state index < -0.39 is 11.7 Å². The average molecular weight is 390 g/mol. The monoisotopic (exact) mass is 390 g/mol. The van der Waals surface area contributed by atoms with E-state index in [4.69, 9.17) is 0 Å². The van der Waals surface area contributed by atoms with E-state index in [2.05, 4.69) is 20.1 Å². The van der Waals surface area contributed by atoms with E-state index >= 15 is 0 Å². The summed E-state index contributed by atoms with van der Waals surface area (Å²) in [7, 11) is 0. The predicted molar refractivity (Wildman–Crippen MR) is 113 cm³/mol. The van der Waals surface area contributed by atoms with Crippen LogP contribution in [0.4, 0.5) is 15.9 Å². The Kier molecular flexibility index (Phi) is 5.81. The summed E-state index contributed by atoms with van der Waals surface area (Å²) in [5.41, 5.74) is 1.88. The summed E-state index contributed by atoms with van der Waals surface area (Å²) in [6.07, 6.45) is 1.83. The zero-order valence-electron chi connectivity index (χ0n) is 16.1. The van der Waals surface area contributed by atoms with Crippen LogP contribution in [0.3, 0.4) is 0 Å². The lowest BCUT2D eigenvalue weighted by Crippen LogP contribution is -2.46. The van der Waals surface area contributed by atoms with Gasteiger partial charge in [-0.3, -0.25) is 9.69 Å². The van der Waals surface area contributed by atoms with Crippen molar-refractivity contribution in [3.63, 3.8) is 0 Å². The smallest absolute Gasteiger partial charge is 0.258 e. The van der Waals surface area contributed by atoms with E-state index in [0.717, 1.165) is 38.5 Å². The molecule has 1 N–H and O–H groups in total. The second kappa shape index (κ2) is 8.84. The van der Waals surface area contributed by atoms with E-state index in [-0.39, 0.29) is 5.56 Å². The van der Waals surface area contributed by atoms with Gasteiger partial charge in [0, 0.05) is 44.6 Å². The molecule has 2 aromatic carbocycles. The van der Waals surface area contributed by atoms with Gasteiger partial charge in [0.05, 0.1) is 5.56 Å². The third-order valence-corrected chi connectivity index (χ3v) is 5.08. The molecule has 1 saturated heterocycles. The minimum absolute atomic E-state index is 0.0438. The summed E-state index contributed by atoms with van der Waals surface area (Å²) in [4.78, 5) is 21.3. The highest BCUT2D eigenvalue weighted by molar-refractivity contribution is 6.04. The zero-order chi connectivity index (χ0) is 20.1. The van der Waals surface area contributed by atoms with Gasteiger partial charge in [-0.05, 0) is 42.0 Å². The highest BCUT2D eigenvalue weighted by Crippen LogP contribution is 2.17. The molecule has 0 aliphatic carbocycles. The molecular weight excluding hydrogens is 367 g/mol. The van der Waals surface area contributed by atoms with Gasteiger partial charge in [0.25, 0.3) is 5.91 Å². The van der Waals surface area contributed by atoms with Crippen LogP contribution in [0.5, 0.6) is 0 Å². The molecule has 0 atom stereocenters. The van der Waals surface area contributed by atoms with Gasteiger partial charge in [0.2, 0.25) is 0 Å². The van der Waals surface area contributed by atoms with Crippen molar-refractivity contribution in [1.82, 2.24) is 9.88 Å². The quantitative estimate of drug-likeness (QED) is 0.720. The van der Waals surface area contributed by atoms with E-state index in [1.54, 1.807) is 12.1 Å². The van der Waals surface area contributed by atoms with Gasteiger partial charge < -0.3 is 10.2 Å². The maximum Gasteiger partial charge on any atom is 0.258 e. The number of rotatable bonds is 5. The summed E-state index contributed by atoms with van der Waals surface area (Å²) in [6, 6.07) is 19.7. The molecule has 0 spiro atoms. The van der Waals surface area contributed by atoms with Gasteiger partial charge in [-0.25, -0.2) is 9.37 Å². The maximum atomic E-state index is 13.7. The lowest BCUT2D eigenvalue weighted by Gasteiger charge is -2.35. The van der Waals surface area contributed by atoms with E-state index in [9.17, 15) is 9.18 Å². The van der Waals surface area contributed by atoms with Crippen LogP contribution in [-0.4, -0.2) is 42.0 Å². The van der Waals surface area contributed by atoms with Gasteiger partial charge in [-0.1, -0.05) is 30.3 Å². The van der Waals surface area contributed by atoms with Crippen molar-refractivity contribution < 1.29 is 9.18 Å². The molecule has 3 aromatic rings. The molecule has 0 saturated carbocycles. The number of piperazine rings is 1. The molecule has 0 unspecified atom stereocenters. The number of pyridine rings is 1. The van der Waals surface area contributed by atoms with Gasteiger partial charge in [0.1, 0.15) is 11.6 Å². The normalized spacial score (nSPS) is 14.6. The fourth-order valence-corrected chi connectivity index (χ4v) is 3.47. The number of benzene rings is 2. The molecule has 4 rings (SSSR count). The number of nitrogens with zero attached hydrogens (tertiary/aromatic N) is 3. The second-order valence-corrected chi connectivity index (χ2v) is 7.08. The summed E-state index contributed by atoms with van der Waals surface area (Å²) in [6.45, 7) is 4.71. The minimum Gasteiger partial charge on any atom is -0.354 e. The van der Waals surface area contributed by atoms with Crippen LogP contribution in [0.15, 0.2) is 72.9 Å². The topological polar surface area (TPSA) is 48.5 Å². The second-order valence-electron chi connectivity index (χ2n) is 7.08. The number of aromatic nitrogens is 1. The van der Waals surface area contributed by atoms with Crippen molar-refractivity contribution in [3.05, 3.63) is 89.9 Å². The standard InChI is InChI=1S/C23H23FN4O/c24-21-6-2-1-5-20(21)23(29)26-19-10-8-18(9-11-19)17-27-13-15-28(16-14-27)22-7-3-4-12-25-22/h1-12H,13-17H2,(H,26,29). The summed E-state index contributed by atoms with van der Waals surface area (Å²) in [5.74, 6) is 0.0649. The molecule has 5 nitrogen and oxygen atoms in total. The average Bonchev–Trinajstić information content (AvgIpc) is 2.76. The van der Waals surface area contributed by atoms with Crippen LogP contribution in [0.2, 0.25) is 0 Å². The molecule has 0 radical (unpaired) electrons. The number of hydrogen-bond donors (Lipinski definition) is 1. The molecule has 1 aliphatic heterocycles. The van der Waals surface area contributed by atoms with Crippen molar-refractivity contribution in [2.45, 2.75) is 6.54 Å². The SMILES string of the molecule is O=C(Nc1ccc(CN2CCN(c3ccccn3)CC2)cc1)c1ccccc1F. The molecule has 29 heavy (non-hydrogen) atoms. The number of nitrogens with one attached hydrogen (secondary N) is 1. The molecule has 6 heteroatoms.